The predicted octanol–water partition coefficient (Wildman–Crippen LogP) is 5.56. The zero-order valence-corrected chi connectivity index (χ0v) is 17.5. The van der Waals surface area contributed by atoms with E-state index in [4.69, 9.17) is 16.3 Å². The number of rotatable bonds is 10. The van der Waals surface area contributed by atoms with Gasteiger partial charge in [0, 0.05) is 11.1 Å². The molecule has 3 rings (SSSR count). The first-order valence-corrected chi connectivity index (χ1v) is 10.4. The van der Waals surface area contributed by atoms with E-state index in [1.807, 2.05) is 61.5 Å². The van der Waals surface area contributed by atoms with Crippen molar-refractivity contribution in [2.45, 2.75) is 38.5 Å². The van der Waals surface area contributed by atoms with E-state index in [1.165, 1.54) is 5.56 Å². The minimum absolute atomic E-state index is 0.0217. The minimum Gasteiger partial charge on any atom is -0.489 e. The Morgan fingerprint density at radius 1 is 0.897 bits per heavy atom. The van der Waals surface area contributed by atoms with E-state index in [-0.39, 0.29) is 6.04 Å². The summed E-state index contributed by atoms with van der Waals surface area (Å²) < 4.78 is 5.81. The molecule has 2 N–H and O–H groups in total. The summed E-state index contributed by atoms with van der Waals surface area (Å²) in [5, 5.41) is 14.8. The van der Waals surface area contributed by atoms with Crippen LogP contribution in [0, 0.1) is 0 Å². The summed E-state index contributed by atoms with van der Waals surface area (Å²) >= 11 is 5.90. The van der Waals surface area contributed by atoms with Gasteiger partial charge in [-0.3, -0.25) is 0 Å². The van der Waals surface area contributed by atoms with E-state index >= 15 is 0 Å². The van der Waals surface area contributed by atoms with E-state index in [0.717, 1.165) is 41.3 Å². The van der Waals surface area contributed by atoms with Gasteiger partial charge in [0.25, 0.3) is 0 Å². The molecule has 0 bridgehead atoms. The van der Waals surface area contributed by atoms with Crippen molar-refractivity contribution in [1.29, 1.82) is 0 Å². The van der Waals surface area contributed by atoms with Crippen molar-refractivity contribution in [1.82, 2.24) is 5.32 Å². The Balaban J connectivity index is 1.42. The first kappa shape index (κ1) is 21.4. The van der Waals surface area contributed by atoms with Crippen LogP contribution in [-0.2, 0) is 13.0 Å². The second-order valence-corrected chi connectivity index (χ2v) is 7.70. The molecule has 2 unspecified atom stereocenters. The molecule has 3 aromatic rings. The second kappa shape index (κ2) is 11.0. The molecule has 29 heavy (non-hydrogen) atoms. The van der Waals surface area contributed by atoms with Gasteiger partial charge in [-0.1, -0.05) is 66.2 Å². The number of aliphatic hydroxyl groups excluding tert-OH is 1. The molecule has 4 heteroatoms. The Kier molecular flexibility index (Phi) is 8.12. The smallest absolute Gasteiger partial charge is 0.119 e. The molecule has 0 fully saturated rings. The molecule has 3 nitrogen and oxygen atoms in total. The van der Waals surface area contributed by atoms with Crippen molar-refractivity contribution in [2.75, 3.05) is 6.54 Å². The summed E-state index contributed by atoms with van der Waals surface area (Å²) in [4.78, 5) is 0. The Morgan fingerprint density at radius 3 is 2.28 bits per heavy atom. The molecule has 0 saturated heterocycles. The first-order valence-electron chi connectivity index (χ1n) is 10.0. The summed E-state index contributed by atoms with van der Waals surface area (Å²) in [6, 6.07) is 25.7. The molecule has 3 aromatic carbocycles. The Hall–Kier alpha value is -2.33. The topological polar surface area (TPSA) is 41.5 Å². The normalized spacial score (nSPS) is 13.1. The van der Waals surface area contributed by atoms with Crippen LogP contribution in [0.2, 0.25) is 5.02 Å². The zero-order chi connectivity index (χ0) is 20.5. The summed E-state index contributed by atoms with van der Waals surface area (Å²) in [6.07, 6.45) is 1.52. The van der Waals surface area contributed by atoms with Crippen LogP contribution in [0.25, 0.3) is 0 Å². The minimum atomic E-state index is -0.558. The molecule has 2 atom stereocenters. The van der Waals surface area contributed by atoms with Crippen molar-refractivity contribution in [3.63, 3.8) is 0 Å². The molecule has 0 radical (unpaired) electrons. The van der Waals surface area contributed by atoms with Gasteiger partial charge >= 0.3 is 0 Å². The van der Waals surface area contributed by atoms with Crippen molar-refractivity contribution in [2.24, 2.45) is 0 Å². The highest BCUT2D eigenvalue weighted by molar-refractivity contribution is 6.30. The number of benzene rings is 3. The molecule has 152 valence electrons. The third-order valence-electron chi connectivity index (χ3n) is 4.97. The van der Waals surface area contributed by atoms with Gasteiger partial charge in [-0.2, -0.15) is 0 Å². The van der Waals surface area contributed by atoms with Crippen LogP contribution >= 0.6 is 11.6 Å². The number of halogens is 1. The fourth-order valence-corrected chi connectivity index (χ4v) is 3.30. The van der Waals surface area contributed by atoms with Gasteiger partial charge < -0.3 is 15.2 Å². The molecular weight excluding hydrogens is 382 g/mol. The highest BCUT2D eigenvalue weighted by atomic mass is 35.5. The van der Waals surface area contributed by atoms with Gasteiger partial charge in [0.2, 0.25) is 0 Å². The predicted molar refractivity (Wildman–Crippen MR) is 119 cm³/mol. The summed E-state index contributed by atoms with van der Waals surface area (Å²) in [5.74, 6) is 0.777. The molecule has 0 aromatic heterocycles. The lowest BCUT2D eigenvalue weighted by molar-refractivity contribution is 0.136. The number of aliphatic hydroxyl groups is 1. The molecule has 0 saturated carbocycles. The van der Waals surface area contributed by atoms with Crippen molar-refractivity contribution in [3.8, 4) is 5.75 Å². The Bertz CT molecular complexity index is 850. The average Bonchev–Trinajstić information content (AvgIpc) is 2.77. The van der Waals surface area contributed by atoms with Gasteiger partial charge in [-0.05, 0) is 67.3 Å². The third-order valence-corrected chi connectivity index (χ3v) is 5.22. The van der Waals surface area contributed by atoms with E-state index in [1.54, 1.807) is 0 Å². The highest BCUT2D eigenvalue weighted by Crippen LogP contribution is 2.21. The fourth-order valence-electron chi connectivity index (χ4n) is 3.18. The van der Waals surface area contributed by atoms with Crippen LogP contribution in [0.5, 0.6) is 5.75 Å². The number of ether oxygens (including phenoxy) is 1. The maximum Gasteiger partial charge on any atom is 0.119 e. The SMILES string of the molecule is CC(NCCCc1ccccc1)C(O)c1ccc(OCc2ccc(Cl)cc2)cc1. The van der Waals surface area contributed by atoms with Gasteiger partial charge in [0.15, 0.2) is 0 Å². The zero-order valence-electron chi connectivity index (χ0n) is 16.7. The summed E-state index contributed by atoms with van der Waals surface area (Å²) in [6.45, 7) is 3.37. The molecule has 0 aliphatic carbocycles. The average molecular weight is 410 g/mol. The van der Waals surface area contributed by atoms with Gasteiger partial charge in [0.05, 0.1) is 6.10 Å². The van der Waals surface area contributed by atoms with E-state index in [0.29, 0.717) is 6.61 Å². The second-order valence-electron chi connectivity index (χ2n) is 7.26. The molecule has 0 spiro atoms. The summed E-state index contributed by atoms with van der Waals surface area (Å²) in [5.41, 5.74) is 3.29. The van der Waals surface area contributed by atoms with Crippen molar-refractivity contribution in [3.05, 3.63) is 101 Å². The first-order chi connectivity index (χ1) is 14.1. The summed E-state index contributed by atoms with van der Waals surface area (Å²) in [7, 11) is 0. The molecule has 0 aliphatic rings. The Morgan fingerprint density at radius 2 is 1.59 bits per heavy atom. The monoisotopic (exact) mass is 409 g/mol. The van der Waals surface area contributed by atoms with Gasteiger partial charge in [0.1, 0.15) is 12.4 Å². The van der Waals surface area contributed by atoms with E-state index < -0.39 is 6.10 Å². The highest BCUT2D eigenvalue weighted by Gasteiger charge is 2.15. The lowest BCUT2D eigenvalue weighted by atomic mass is 10.0. The molecule has 0 amide bonds. The van der Waals surface area contributed by atoms with Crippen LogP contribution in [0.3, 0.4) is 0 Å². The van der Waals surface area contributed by atoms with Crippen molar-refractivity contribution >= 4 is 11.6 Å². The van der Waals surface area contributed by atoms with E-state index in [9.17, 15) is 5.11 Å². The van der Waals surface area contributed by atoms with Crippen LogP contribution < -0.4 is 10.1 Å². The largest absolute Gasteiger partial charge is 0.489 e. The number of hydrogen-bond acceptors (Lipinski definition) is 3. The molecular formula is C25H28ClNO2. The van der Waals surface area contributed by atoms with Gasteiger partial charge in [-0.15, -0.1) is 0 Å². The van der Waals surface area contributed by atoms with Gasteiger partial charge in [-0.25, -0.2) is 0 Å². The lowest BCUT2D eigenvalue weighted by Crippen LogP contribution is -2.33. The number of aryl methyl sites for hydroxylation is 1. The number of hydrogen-bond donors (Lipinski definition) is 2. The quantitative estimate of drug-likeness (QED) is 0.430. The van der Waals surface area contributed by atoms with E-state index in [2.05, 4.69) is 29.6 Å². The lowest BCUT2D eigenvalue weighted by Gasteiger charge is -2.21. The van der Waals surface area contributed by atoms with Crippen LogP contribution in [-0.4, -0.2) is 17.7 Å². The van der Waals surface area contributed by atoms with Crippen LogP contribution in [0.15, 0.2) is 78.9 Å². The van der Waals surface area contributed by atoms with Crippen LogP contribution in [0.4, 0.5) is 0 Å². The Labute approximate surface area is 178 Å². The molecule has 0 heterocycles. The standard InChI is InChI=1S/C25H28ClNO2/c1-19(27-17-5-8-20-6-3-2-4-7-20)25(28)22-11-15-24(16-12-22)29-18-21-9-13-23(26)14-10-21/h2-4,6-7,9-16,19,25,27-28H,5,8,17-18H2,1H3. The van der Waals surface area contributed by atoms with Crippen molar-refractivity contribution < 1.29 is 9.84 Å². The maximum atomic E-state index is 10.6. The fraction of sp³-hybridized carbons (Fsp3) is 0.280. The molecule has 0 aliphatic heterocycles. The maximum absolute atomic E-state index is 10.6. The van der Waals surface area contributed by atoms with Crippen LogP contribution in [0.1, 0.15) is 36.1 Å². The third kappa shape index (κ3) is 6.90. The number of nitrogens with one attached hydrogen (secondary N) is 1.